The van der Waals surface area contributed by atoms with E-state index in [0.29, 0.717) is 0 Å². The third kappa shape index (κ3) is 3.38. The van der Waals surface area contributed by atoms with Crippen LogP contribution in [0.3, 0.4) is 0 Å². The van der Waals surface area contributed by atoms with E-state index in [1.807, 2.05) is 0 Å². The van der Waals surface area contributed by atoms with E-state index in [4.69, 9.17) is 11.6 Å². The molecule has 0 radical (unpaired) electrons. The maximum Gasteiger partial charge on any atom is 0.271 e. The Morgan fingerprint density at radius 2 is 2.00 bits per heavy atom. The van der Waals surface area contributed by atoms with Gasteiger partial charge in [-0.1, -0.05) is 11.6 Å². The molecular weight excluding hydrogens is 322 g/mol. The number of rotatable bonds is 4. The number of hydrogen-bond acceptors (Lipinski definition) is 6. The molecule has 1 aromatic carbocycles. The Labute approximate surface area is 124 Å². The highest BCUT2D eigenvalue weighted by atomic mass is 35.5. The van der Waals surface area contributed by atoms with Gasteiger partial charge in [-0.15, -0.1) is 0 Å². The highest BCUT2D eigenvalue weighted by Crippen LogP contribution is 2.29. The summed E-state index contributed by atoms with van der Waals surface area (Å²) in [4.78, 5) is 13.4. The molecule has 0 saturated heterocycles. The number of anilines is 1. The Balaban J connectivity index is 2.38. The summed E-state index contributed by atoms with van der Waals surface area (Å²) in [6, 6.07) is 5.48. The topological polar surface area (TPSA) is 122 Å². The van der Waals surface area contributed by atoms with E-state index in [-0.39, 0.29) is 21.4 Å². The number of hydrogen-bond donors (Lipinski definition) is 2. The minimum absolute atomic E-state index is 0.118. The highest BCUT2D eigenvalue weighted by molar-refractivity contribution is 7.92. The fourth-order valence-electron chi connectivity index (χ4n) is 1.44. The molecule has 110 valence electrons. The van der Waals surface area contributed by atoms with Gasteiger partial charge in [0.05, 0.1) is 10.6 Å². The van der Waals surface area contributed by atoms with Crippen molar-refractivity contribution < 1.29 is 18.4 Å². The van der Waals surface area contributed by atoms with Crippen molar-refractivity contribution in [3.63, 3.8) is 0 Å². The molecule has 1 aromatic heterocycles. The number of sulfonamides is 1. The molecule has 0 aliphatic heterocycles. The third-order valence-electron chi connectivity index (χ3n) is 2.45. The average Bonchev–Trinajstić information content (AvgIpc) is 2.41. The van der Waals surface area contributed by atoms with Gasteiger partial charge in [0.1, 0.15) is 15.8 Å². The van der Waals surface area contributed by atoms with Crippen LogP contribution in [0.2, 0.25) is 5.15 Å². The Hall–Kier alpha value is -2.39. The van der Waals surface area contributed by atoms with E-state index in [9.17, 15) is 23.6 Å². The van der Waals surface area contributed by atoms with Crippen LogP contribution in [0.4, 0.5) is 11.4 Å². The summed E-state index contributed by atoms with van der Waals surface area (Å²) in [7, 11) is -4.05. The van der Waals surface area contributed by atoms with Crippen molar-refractivity contribution in [3.05, 3.63) is 51.8 Å². The number of aromatic hydroxyl groups is 1. The van der Waals surface area contributed by atoms with Crippen molar-refractivity contribution in [2.24, 2.45) is 0 Å². The highest BCUT2D eigenvalue weighted by Gasteiger charge is 2.18. The number of phenols is 1. The summed E-state index contributed by atoms with van der Waals surface area (Å²) >= 11 is 5.56. The molecule has 0 atom stereocenters. The molecule has 0 unspecified atom stereocenters. The lowest BCUT2D eigenvalue weighted by atomic mass is 10.2. The lowest BCUT2D eigenvalue weighted by Crippen LogP contribution is -2.13. The normalized spacial score (nSPS) is 11.1. The first-order valence-electron chi connectivity index (χ1n) is 5.41. The average molecular weight is 330 g/mol. The molecule has 0 saturated carbocycles. The summed E-state index contributed by atoms with van der Waals surface area (Å²) in [5, 5.41) is 20.4. The van der Waals surface area contributed by atoms with Crippen LogP contribution >= 0.6 is 11.6 Å². The van der Waals surface area contributed by atoms with Crippen molar-refractivity contribution in [2.75, 3.05) is 4.72 Å². The van der Waals surface area contributed by atoms with Gasteiger partial charge in [0.15, 0.2) is 0 Å². The monoisotopic (exact) mass is 329 g/mol. The lowest BCUT2D eigenvalue weighted by Gasteiger charge is -2.09. The Morgan fingerprint density at radius 3 is 2.57 bits per heavy atom. The van der Waals surface area contributed by atoms with Crippen LogP contribution in [0, 0.1) is 10.1 Å². The fraction of sp³-hybridized carbons (Fsp3) is 0. The molecule has 0 aliphatic rings. The maximum absolute atomic E-state index is 12.1. The zero-order valence-corrected chi connectivity index (χ0v) is 11.8. The van der Waals surface area contributed by atoms with Crippen molar-refractivity contribution in [1.29, 1.82) is 0 Å². The van der Waals surface area contributed by atoms with Gasteiger partial charge in [-0.05, 0) is 18.2 Å². The molecule has 0 aliphatic carbocycles. The first kappa shape index (κ1) is 15.0. The number of nitrogens with zero attached hydrogens (tertiary/aromatic N) is 2. The first-order valence-corrected chi connectivity index (χ1v) is 7.27. The maximum atomic E-state index is 12.1. The Morgan fingerprint density at radius 1 is 1.29 bits per heavy atom. The summed E-state index contributed by atoms with van der Waals surface area (Å²) in [6.07, 6.45) is 1.03. The second-order valence-corrected chi connectivity index (χ2v) is 5.95. The number of aromatic nitrogens is 1. The van der Waals surface area contributed by atoms with Crippen LogP contribution in [-0.4, -0.2) is 23.4 Å². The SMILES string of the molecule is O=[N+]([O-])c1ccc(O)c(NS(=O)(=O)c2ccc(Cl)nc2)c1. The standard InChI is InChI=1S/C11H8ClN3O5S/c12-11-4-2-8(6-13-11)21(19,20)14-9-5-7(15(17)18)1-3-10(9)16/h1-6,14,16H. The smallest absolute Gasteiger partial charge is 0.271 e. The minimum atomic E-state index is -4.05. The summed E-state index contributed by atoms with van der Waals surface area (Å²) in [5.74, 6) is -0.439. The molecule has 21 heavy (non-hydrogen) atoms. The molecule has 0 amide bonds. The number of nitrogens with one attached hydrogen (secondary N) is 1. The molecule has 0 fully saturated rings. The number of pyridine rings is 1. The first-order chi connectivity index (χ1) is 9.79. The molecule has 2 N–H and O–H groups in total. The number of non-ortho nitro benzene ring substituents is 1. The number of phenolic OH excluding ortho intramolecular Hbond substituents is 1. The van der Waals surface area contributed by atoms with Crippen molar-refractivity contribution in [2.45, 2.75) is 4.90 Å². The van der Waals surface area contributed by atoms with Crippen molar-refractivity contribution in [1.82, 2.24) is 4.98 Å². The van der Waals surface area contributed by atoms with Gasteiger partial charge in [-0.3, -0.25) is 14.8 Å². The van der Waals surface area contributed by atoms with Crippen LogP contribution in [0.5, 0.6) is 5.75 Å². The Kier molecular flexibility index (Phi) is 3.96. The van der Waals surface area contributed by atoms with Crippen LogP contribution < -0.4 is 4.72 Å². The van der Waals surface area contributed by atoms with E-state index < -0.39 is 20.7 Å². The largest absolute Gasteiger partial charge is 0.506 e. The van der Waals surface area contributed by atoms with Gasteiger partial charge >= 0.3 is 0 Å². The fourth-order valence-corrected chi connectivity index (χ4v) is 2.57. The zero-order valence-electron chi connectivity index (χ0n) is 10.2. The van der Waals surface area contributed by atoms with Crippen LogP contribution in [0.15, 0.2) is 41.4 Å². The predicted octanol–water partition coefficient (Wildman–Crippen LogP) is 2.15. The second-order valence-electron chi connectivity index (χ2n) is 3.88. The quantitative estimate of drug-likeness (QED) is 0.383. The van der Waals surface area contributed by atoms with Crippen molar-refractivity contribution in [3.8, 4) is 5.75 Å². The molecule has 2 rings (SSSR count). The lowest BCUT2D eigenvalue weighted by molar-refractivity contribution is -0.384. The third-order valence-corrected chi connectivity index (χ3v) is 4.02. The van der Waals surface area contributed by atoms with Gasteiger partial charge in [-0.2, -0.15) is 0 Å². The number of nitro groups is 1. The molecule has 0 spiro atoms. The van der Waals surface area contributed by atoms with Crippen LogP contribution in [0.25, 0.3) is 0 Å². The van der Waals surface area contributed by atoms with Gasteiger partial charge < -0.3 is 5.11 Å². The molecule has 2 aromatic rings. The molecule has 10 heteroatoms. The van der Waals surface area contributed by atoms with Crippen LogP contribution in [-0.2, 0) is 10.0 Å². The minimum Gasteiger partial charge on any atom is -0.506 e. The summed E-state index contributed by atoms with van der Waals surface area (Å²) in [5.41, 5.74) is -0.668. The molecule has 0 bridgehead atoms. The Bertz CT molecular complexity index is 792. The number of halogens is 1. The molecule has 8 nitrogen and oxygen atoms in total. The van der Waals surface area contributed by atoms with Gasteiger partial charge in [0.2, 0.25) is 0 Å². The van der Waals surface area contributed by atoms with E-state index >= 15 is 0 Å². The second kappa shape index (κ2) is 5.54. The molecular formula is C11H8ClN3O5S. The van der Waals surface area contributed by atoms with E-state index in [2.05, 4.69) is 9.71 Å². The van der Waals surface area contributed by atoms with E-state index in [1.54, 1.807) is 0 Å². The zero-order chi connectivity index (χ0) is 15.6. The van der Waals surface area contributed by atoms with Gasteiger partial charge in [-0.25, -0.2) is 13.4 Å². The number of nitro benzene ring substituents is 1. The van der Waals surface area contributed by atoms with Crippen LogP contribution in [0.1, 0.15) is 0 Å². The van der Waals surface area contributed by atoms with Gasteiger partial charge in [0, 0.05) is 18.3 Å². The number of benzene rings is 1. The predicted molar refractivity (Wildman–Crippen MR) is 74.8 cm³/mol. The van der Waals surface area contributed by atoms with Gasteiger partial charge in [0.25, 0.3) is 15.7 Å². The molecule has 1 heterocycles. The van der Waals surface area contributed by atoms with Crippen molar-refractivity contribution >= 4 is 33.0 Å². The summed E-state index contributed by atoms with van der Waals surface area (Å²) in [6.45, 7) is 0. The van der Waals surface area contributed by atoms with E-state index in [1.165, 1.54) is 12.1 Å². The van der Waals surface area contributed by atoms with E-state index in [0.717, 1.165) is 24.4 Å². The summed E-state index contributed by atoms with van der Waals surface area (Å²) < 4.78 is 26.2.